The van der Waals surface area contributed by atoms with Crippen LogP contribution in [0.15, 0.2) is 66.0 Å². The highest BCUT2D eigenvalue weighted by Gasteiger charge is 2.19. The van der Waals surface area contributed by atoms with Crippen molar-refractivity contribution in [1.82, 2.24) is 4.57 Å². The monoisotopic (exact) mass is 458 g/mol. The van der Waals surface area contributed by atoms with Gasteiger partial charge in [0.1, 0.15) is 0 Å². The van der Waals surface area contributed by atoms with Crippen molar-refractivity contribution in [3.63, 3.8) is 0 Å². The highest BCUT2D eigenvalue weighted by molar-refractivity contribution is 14.1. The van der Waals surface area contributed by atoms with Crippen LogP contribution in [0.3, 0.4) is 0 Å². The van der Waals surface area contributed by atoms with Gasteiger partial charge in [-0.2, -0.15) is 0 Å². The highest BCUT2D eigenvalue weighted by atomic mass is 127. The Hall–Kier alpha value is -2.41. The van der Waals surface area contributed by atoms with Gasteiger partial charge in [0.2, 0.25) is 0 Å². The summed E-state index contributed by atoms with van der Waals surface area (Å²) in [7, 11) is 3.53. The maximum atomic E-state index is 13.0. The van der Waals surface area contributed by atoms with Gasteiger partial charge in [0.25, 0.3) is 11.5 Å². The van der Waals surface area contributed by atoms with Crippen LogP contribution < -0.4 is 10.5 Å². The Labute approximate surface area is 165 Å². The molecule has 0 spiro atoms. The molecule has 0 saturated carbocycles. The van der Waals surface area contributed by atoms with Crippen molar-refractivity contribution in [2.45, 2.75) is 6.42 Å². The third-order valence-electron chi connectivity index (χ3n) is 4.51. The van der Waals surface area contributed by atoms with Gasteiger partial charge >= 0.3 is 0 Å². The van der Waals surface area contributed by atoms with Gasteiger partial charge < -0.3 is 9.47 Å². The molecule has 5 heteroatoms. The summed E-state index contributed by atoms with van der Waals surface area (Å²) in [5.41, 5.74) is 3.25. The smallest absolute Gasteiger partial charge is 0.259 e. The SMILES string of the molecule is C=CCc1c(N(C)C(=O)c2ccccc2I)ccc2c1ccc(=O)n2C. The lowest BCUT2D eigenvalue weighted by Gasteiger charge is -2.23. The van der Waals surface area contributed by atoms with Crippen LogP contribution in [0.1, 0.15) is 15.9 Å². The second-order valence-corrected chi connectivity index (χ2v) is 7.23. The lowest BCUT2D eigenvalue weighted by atomic mass is 10.0. The maximum absolute atomic E-state index is 13.0. The van der Waals surface area contributed by atoms with Crippen LogP contribution in [0.4, 0.5) is 5.69 Å². The summed E-state index contributed by atoms with van der Waals surface area (Å²) in [5.74, 6) is -0.0653. The van der Waals surface area contributed by atoms with Crippen molar-refractivity contribution in [2.75, 3.05) is 11.9 Å². The van der Waals surface area contributed by atoms with E-state index < -0.39 is 0 Å². The minimum Gasteiger partial charge on any atom is -0.311 e. The molecular weight excluding hydrogens is 439 g/mol. The van der Waals surface area contributed by atoms with Crippen molar-refractivity contribution in [3.8, 4) is 0 Å². The van der Waals surface area contributed by atoms with Crippen molar-refractivity contribution in [2.24, 2.45) is 7.05 Å². The largest absolute Gasteiger partial charge is 0.311 e. The van der Waals surface area contributed by atoms with Crippen LogP contribution in [0, 0.1) is 3.57 Å². The standard InChI is InChI=1S/C21H19IN2O2/c1-4-7-14-15-10-13-20(25)23(2)18(15)11-12-19(14)24(3)21(26)16-8-5-6-9-17(16)22/h4-6,8-13H,1,7H2,2-3H3. The first kappa shape index (κ1) is 18.4. The number of anilines is 1. The number of hydrogen-bond donors (Lipinski definition) is 0. The topological polar surface area (TPSA) is 42.3 Å². The van der Waals surface area contributed by atoms with Crippen LogP contribution in [-0.2, 0) is 13.5 Å². The number of pyridine rings is 1. The van der Waals surface area contributed by atoms with Gasteiger partial charge in [-0.1, -0.05) is 18.2 Å². The normalized spacial score (nSPS) is 10.7. The molecular formula is C21H19IN2O2. The highest BCUT2D eigenvalue weighted by Crippen LogP contribution is 2.30. The zero-order valence-electron chi connectivity index (χ0n) is 14.7. The minimum absolute atomic E-state index is 0.0573. The molecule has 132 valence electrons. The molecule has 0 fully saturated rings. The molecule has 2 aromatic carbocycles. The first-order valence-electron chi connectivity index (χ1n) is 8.20. The Balaban J connectivity index is 2.18. The quantitative estimate of drug-likeness (QED) is 0.436. The average molecular weight is 458 g/mol. The van der Waals surface area contributed by atoms with Crippen molar-refractivity contribution in [1.29, 1.82) is 0 Å². The molecule has 4 nitrogen and oxygen atoms in total. The van der Waals surface area contributed by atoms with E-state index in [4.69, 9.17) is 0 Å². The second kappa shape index (κ2) is 7.45. The van der Waals surface area contributed by atoms with Crippen molar-refractivity contribution >= 4 is 45.1 Å². The Morgan fingerprint density at radius 2 is 1.92 bits per heavy atom. The van der Waals surface area contributed by atoms with Gasteiger partial charge in [0.05, 0.1) is 11.1 Å². The molecule has 3 rings (SSSR count). The van der Waals surface area contributed by atoms with Crippen LogP contribution in [0.25, 0.3) is 10.9 Å². The van der Waals surface area contributed by atoms with Crippen molar-refractivity contribution in [3.05, 3.63) is 86.2 Å². The molecule has 0 N–H and O–H groups in total. The molecule has 0 atom stereocenters. The summed E-state index contributed by atoms with van der Waals surface area (Å²) < 4.78 is 2.53. The maximum Gasteiger partial charge on any atom is 0.259 e. The fourth-order valence-corrected chi connectivity index (χ4v) is 3.72. The number of carbonyl (C=O) groups excluding carboxylic acids is 1. The number of nitrogens with zero attached hydrogens (tertiary/aromatic N) is 2. The molecule has 0 radical (unpaired) electrons. The molecule has 3 aromatic rings. The number of benzene rings is 2. The molecule has 1 aromatic heterocycles. The third-order valence-corrected chi connectivity index (χ3v) is 5.45. The van der Waals surface area contributed by atoms with Gasteiger partial charge in [-0.05, 0) is 64.9 Å². The number of hydrogen-bond acceptors (Lipinski definition) is 2. The van der Waals surface area contributed by atoms with E-state index in [0.717, 1.165) is 25.7 Å². The van der Waals surface area contributed by atoms with Crippen LogP contribution in [-0.4, -0.2) is 17.5 Å². The number of rotatable bonds is 4. The van der Waals surface area contributed by atoms with Crippen molar-refractivity contribution < 1.29 is 4.79 Å². The van der Waals surface area contributed by atoms with E-state index in [1.54, 1.807) is 29.6 Å². The minimum atomic E-state index is -0.0653. The summed E-state index contributed by atoms with van der Waals surface area (Å²) in [6.45, 7) is 3.85. The number of allylic oxidation sites excluding steroid dienone is 1. The number of aromatic nitrogens is 1. The molecule has 0 aliphatic rings. The van der Waals surface area contributed by atoms with Crippen LogP contribution >= 0.6 is 22.6 Å². The summed E-state index contributed by atoms with van der Waals surface area (Å²) in [6.07, 6.45) is 2.42. The number of amides is 1. The molecule has 26 heavy (non-hydrogen) atoms. The van der Waals surface area contributed by atoms with Gasteiger partial charge in [0.15, 0.2) is 0 Å². The van der Waals surface area contributed by atoms with E-state index in [-0.39, 0.29) is 11.5 Å². The van der Waals surface area contributed by atoms with Crippen LogP contribution in [0.5, 0.6) is 0 Å². The predicted molar refractivity (Wildman–Crippen MR) is 115 cm³/mol. The molecule has 0 aliphatic carbocycles. The van der Waals surface area contributed by atoms with Gasteiger partial charge in [-0.15, -0.1) is 6.58 Å². The lowest BCUT2D eigenvalue weighted by molar-refractivity contribution is 0.0992. The van der Waals surface area contributed by atoms with E-state index in [0.29, 0.717) is 12.0 Å². The van der Waals surface area contributed by atoms with E-state index in [2.05, 4.69) is 29.2 Å². The zero-order chi connectivity index (χ0) is 18.8. The number of carbonyl (C=O) groups is 1. The number of fused-ring (bicyclic) bond motifs is 1. The summed E-state index contributed by atoms with van der Waals surface area (Å²) in [4.78, 5) is 26.6. The predicted octanol–water partition coefficient (Wildman–Crippen LogP) is 4.15. The molecule has 0 aliphatic heterocycles. The van der Waals surface area contributed by atoms with E-state index in [9.17, 15) is 9.59 Å². The van der Waals surface area contributed by atoms with Gasteiger partial charge in [-0.3, -0.25) is 9.59 Å². The van der Waals surface area contributed by atoms with E-state index in [1.807, 2.05) is 48.5 Å². The molecule has 1 heterocycles. The molecule has 1 amide bonds. The van der Waals surface area contributed by atoms with Gasteiger partial charge in [-0.25, -0.2) is 0 Å². The van der Waals surface area contributed by atoms with Crippen LogP contribution in [0.2, 0.25) is 0 Å². The lowest BCUT2D eigenvalue weighted by Crippen LogP contribution is -2.28. The summed E-state index contributed by atoms with van der Waals surface area (Å²) in [6, 6.07) is 14.7. The first-order chi connectivity index (χ1) is 12.5. The van der Waals surface area contributed by atoms with E-state index in [1.165, 1.54) is 0 Å². The Bertz CT molecular complexity index is 1070. The Morgan fingerprint density at radius 1 is 1.19 bits per heavy atom. The molecule has 0 saturated heterocycles. The van der Waals surface area contributed by atoms with E-state index >= 15 is 0 Å². The second-order valence-electron chi connectivity index (χ2n) is 6.06. The zero-order valence-corrected chi connectivity index (χ0v) is 16.9. The average Bonchev–Trinajstić information content (AvgIpc) is 2.64. The number of halogens is 1. The first-order valence-corrected chi connectivity index (χ1v) is 9.28. The summed E-state index contributed by atoms with van der Waals surface area (Å²) in [5, 5.41) is 0.951. The fourth-order valence-electron chi connectivity index (χ4n) is 3.10. The third kappa shape index (κ3) is 3.19. The molecule has 0 unspecified atom stereocenters. The molecule has 0 bridgehead atoms. The fraction of sp³-hybridized carbons (Fsp3) is 0.143. The van der Waals surface area contributed by atoms with Gasteiger partial charge in [0, 0.05) is 34.8 Å². The summed E-state index contributed by atoms with van der Waals surface area (Å²) >= 11 is 2.17. The number of aryl methyl sites for hydroxylation is 1. The Kier molecular flexibility index (Phi) is 5.27. The Morgan fingerprint density at radius 3 is 2.62 bits per heavy atom.